The van der Waals surface area contributed by atoms with E-state index in [0.29, 0.717) is 17.9 Å². The zero-order chi connectivity index (χ0) is 11.1. The summed E-state index contributed by atoms with van der Waals surface area (Å²) in [7, 11) is 0. The number of Topliss-reactive ketones (excluding diaryl/α,β-unsaturated/α-hetero) is 1. The number of fused-ring (bicyclic) bond motifs is 2. The Labute approximate surface area is 95.5 Å². The highest BCUT2D eigenvalue weighted by atomic mass is 16.1. The molecule has 0 N–H and O–H groups in total. The number of hydrogen-bond acceptors (Lipinski definition) is 3. The van der Waals surface area contributed by atoms with Crippen LogP contribution in [0.25, 0.3) is 0 Å². The molecule has 3 heteroatoms. The van der Waals surface area contributed by atoms with Crippen molar-refractivity contribution in [3.8, 4) is 0 Å². The van der Waals surface area contributed by atoms with Crippen molar-refractivity contribution in [2.75, 3.05) is 4.90 Å². The van der Waals surface area contributed by atoms with Crippen molar-refractivity contribution in [3.63, 3.8) is 0 Å². The fourth-order valence-electron chi connectivity index (χ4n) is 3.07. The second-order valence-electron chi connectivity index (χ2n) is 4.96. The standard InChI is InChI=1S/C13H16N2O/c1-9-4-12(8-14-7-9)15-10-2-3-11(15)6-13(16)5-10/h4,7-8,10-11H,2-3,5-6H2,1H3. The minimum Gasteiger partial charge on any atom is -0.363 e. The van der Waals surface area contributed by atoms with E-state index in [9.17, 15) is 4.79 Å². The van der Waals surface area contributed by atoms with Gasteiger partial charge in [-0.3, -0.25) is 9.78 Å². The van der Waals surface area contributed by atoms with Gasteiger partial charge in [-0.25, -0.2) is 0 Å². The second-order valence-corrected chi connectivity index (χ2v) is 4.96. The highest BCUT2D eigenvalue weighted by Crippen LogP contribution is 2.37. The minimum atomic E-state index is 0.426. The Hall–Kier alpha value is -1.38. The number of aryl methyl sites for hydroxylation is 1. The van der Waals surface area contributed by atoms with Crippen molar-refractivity contribution in [2.24, 2.45) is 0 Å². The van der Waals surface area contributed by atoms with Crippen LogP contribution in [-0.4, -0.2) is 22.9 Å². The third-order valence-corrected chi connectivity index (χ3v) is 3.71. The van der Waals surface area contributed by atoms with Crippen molar-refractivity contribution in [1.82, 2.24) is 4.98 Å². The topological polar surface area (TPSA) is 33.2 Å². The van der Waals surface area contributed by atoms with Crippen molar-refractivity contribution in [3.05, 3.63) is 24.0 Å². The number of carbonyl (C=O) groups is 1. The van der Waals surface area contributed by atoms with Crippen LogP contribution in [0, 0.1) is 6.92 Å². The lowest BCUT2D eigenvalue weighted by Gasteiger charge is -2.35. The molecule has 3 heterocycles. The summed E-state index contributed by atoms with van der Waals surface area (Å²) in [6.45, 7) is 2.06. The number of piperidine rings is 1. The summed E-state index contributed by atoms with van der Waals surface area (Å²) in [5.74, 6) is 0.435. The van der Waals surface area contributed by atoms with E-state index in [-0.39, 0.29) is 0 Å². The molecule has 3 nitrogen and oxygen atoms in total. The van der Waals surface area contributed by atoms with E-state index < -0.39 is 0 Å². The molecule has 2 bridgehead atoms. The first kappa shape index (κ1) is 9.82. The molecule has 2 atom stereocenters. The van der Waals surface area contributed by atoms with Gasteiger partial charge in [0.05, 0.1) is 11.9 Å². The largest absolute Gasteiger partial charge is 0.363 e. The van der Waals surface area contributed by atoms with Gasteiger partial charge in [-0.2, -0.15) is 0 Å². The van der Waals surface area contributed by atoms with E-state index in [1.165, 1.54) is 11.3 Å². The zero-order valence-electron chi connectivity index (χ0n) is 9.52. The number of nitrogens with zero attached hydrogens (tertiary/aromatic N) is 2. The lowest BCUT2D eigenvalue weighted by molar-refractivity contribution is -0.120. The van der Waals surface area contributed by atoms with Gasteiger partial charge < -0.3 is 4.90 Å². The van der Waals surface area contributed by atoms with E-state index in [1.54, 1.807) is 0 Å². The molecule has 1 aromatic rings. The second kappa shape index (κ2) is 3.58. The molecule has 0 spiro atoms. The van der Waals surface area contributed by atoms with Crippen LogP contribution in [0.15, 0.2) is 18.5 Å². The Morgan fingerprint density at radius 1 is 1.25 bits per heavy atom. The van der Waals surface area contributed by atoms with E-state index in [0.717, 1.165) is 25.7 Å². The Morgan fingerprint density at radius 3 is 2.56 bits per heavy atom. The van der Waals surface area contributed by atoms with Crippen LogP contribution in [-0.2, 0) is 4.79 Å². The first-order valence-corrected chi connectivity index (χ1v) is 5.96. The molecular formula is C13H16N2O. The summed E-state index contributed by atoms with van der Waals surface area (Å²) in [5, 5.41) is 0. The highest BCUT2D eigenvalue weighted by molar-refractivity contribution is 5.83. The molecule has 2 aliphatic rings. The fraction of sp³-hybridized carbons (Fsp3) is 0.538. The normalized spacial score (nSPS) is 28.6. The Kier molecular flexibility index (Phi) is 2.20. The summed E-state index contributed by atoms with van der Waals surface area (Å²) in [6.07, 6.45) is 7.57. The van der Waals surface area contributed by atoms with Crippen LogP contribution in [0.4, 0.5) is 5.69 Å². The van der Waals surface area contributed by atoms with Crippen LogP contribution in [0.2, 0.25) is 0 Å². The first-order valence-electron chi connectivity index (χ1n) is 5.96. The lowest BCUT2D eigenvalue weighted by Crippen LogP contribution is -2.43. The van der Waals surface area contributed by atoms with Gasteiger partial charge >= 0.3 is 0 Å². The van der Waals surface area contributed by atoms with Crippen molar-refractivity contribution < 1.29 is 4.79 Å². The predicted molar refractivity (Wildman–Crippen MR) is 62.5 cm³/mol. The lowest BCUT2D eigenvalue weighted by atomic mass is 10.0. The van der Waals surface area contributed by atoms with Crippen LogP contribution in [0.3, 0.4) is 0 Å². The Morgan fingerprint density at radius 2 is 1.94 bits per heavy atom. The van der Waals surface area contributed by atoms with Crippen LogP contribution in [0.5, 0.6) is 0 Å². The molecule has 2 saturated heterocycles. The summed E-state index contributed by atoms with van der Waals surface area (Å²) in [6, 6.07) is 3.03. The third kappa shape index (κ3) is 1.51. The molecule has 0 aromatic carbocycles. The van der Waals surface area contributed by atoms with Gasteiger partial charge in [0.25, 0.3) is 0 Å². The molecule has 0 amide bonds. The van der Waals surface area contributed by atoms with Crippen LogP contribution in [0.1, 0.15) is 31.2 Å². The number of anilines is 1. The van der Waals surface area contributed by atoms with E-state index >= 15 is 0 Å². The smallest absolute Gasteiger partial charge is 0.137 e. The van der Waals surface area contributed by atoms with Gasteiger partial charge in [0.2, 0.25) is 0 Å². The number of hydrogen-bond donors (Lipinski definition) is 0. The molecule has 0 aliphatic carbocycles. The SMILES string of the molecule is Cc1cncc(N2C3CCC2CC(=O)C3)c1. The number of carbonyl (C=O) groups excluding carboxylic acids is 1. The van der Waals surface area contributed by atoms with E-state index in [4.69, 9.17) is 0 Å². The van der Waals surface area contributed by atoms with Crippen molar-refractivity contribution in [2.45, 2.75) is 44.7 Å². The van der Waals surface area contributed by atoms with Crippen molar-refractivity contribution in [1.29, 1.82) is 0 Å². The number of pyridine rings is 1. The van der Waals surface area contributed by atoms with E-state index in [2.05, 4.69) is 22.9 Å². The molecule has 2 aliphatic heterocycles. The van der Waals surface area contributed by atoms with E-state index in [1.807, 2.05) is 12.4 Å². The Bertz CT molecular complexity index is 414. The maximum Gasteiger partial charge on any atom is 0.137 e. The average molecular weight is 216 g/mol. The van der Waals surface area contributed by atoms with Crippen molar-refractivity contribution >= 4 is 11.5 Å². The molecule has 0 saturated carbocycles. The summed E-state index contributed by atoms with van der Waals surface area (Å²) >= 11 is 0. The number of rotatable bonds is 1. The monoisotopic (exact) mass is 216 g/mol. The molecule has 2 fully saturated rings. The van der Waals surface area contributed by atoms with Gasteiger partial charge in [-0.15, -0.1) is 0 Å². The quantitative estimate of drug-likeness (QED) is 0.720. The van der Waals surface area contributed by atoms with Gasteiger partial charge in [0, 0.05) is 31.1 Å². The molecule has 16 heavy (non-hydrogen) atoms. The fourth-order valence-corrected chi connectivity index (χ4v) is 3.07. The van der Waals surface area contributed by atoms with Crippen LogP contribution < -0.4 is 4.90 Å². The summed E-state index contributed by atoms with van der Waals surface area (Å²) in [4.78, 5) is 18.2. The molecular weight excluding hydrogens is 200 g/mol. The molecule has 2 unspecified atom stereocenters. The highest BCUT2D eigenvalue weighted by Gasteiger charge is 2.40. The van der Waals surface area contributed by atoms with Crippen LogP contribution >= 0.6 is 0 Å². The number of ketones is 1. The van der Waals surface area contributed by atoms with Gasteiger partial charge in [-0.05, 0) is 31.4 Å². The third-order valence-electron chi connectivity index (χ3n) is 3.71. The van der Waals surface area contributed by atoms with Gasteiger partial charge in [0.1, 0.15) is 5.78 Å². The molecule has 84 valence electrons. The molecule has 3 rings (SSSR count). The Balaban J connectivity index is 1.94. The molecule has 1 aromatic heterocycles. The average Bonchev–Trinajstić information content (AvgIpc) is 2.51. The predicted octanol–water partition coefficient (Wildman–Crippen LogP) is 2.09. The summed E-state index contributed by atoms with van der Waals surface area (Å²) in [5.41, 5.74) is 2.38. The minimum absolute atomic E-state index is 0.426. The molecule has 0 radical (unpaired) electrons. The maximum atomic E-state index is 11.5. The van der Waals surface area contributed by atoms with Gasteiger partial charge in [0.15, 0.2) is 0 Å². The maximum absolute atomic E-state index is 11.5. The first-order chi connectivity index (χ1) is 7.74. The number of aromatic nitrogens is 1. The zero-order valence-corrected chi connectivity index (χ0v) is 9.52. The summed E-state index contributed by atoms with van der Waals surface area (Å²) < 4.78 is 0. The van der Waals surface area contributed by atoms with Gasteiger partial charge in [-0.1, -0.05) is 0 Å².